The van der Waals surface area contributed by atoms with Gasteiger partial charge in [-0.3, -0.25) is 9.59 Å². The van der Waals surface area contributed by atoms with E-state index >= 15 is 0 Å². The monoisotopic (exact) mass is 260 g/mol. The Kier molecular flexibility index (Phi) is 5.52. The third kappa shape index (κ3) is 3.66. The number of carboxylic acids is 1. The number of carbonyl (C=O) groups is 2. The van der Waals surface area contributed by atoms with E-state index in [9.17, 15) is 9.59 Å². The van der Waals surface area contributed by atoms with Crippen LogP contribution in [-0.2, 0) is 19.1 Å². The number of ether oxygens (including phenoxy) is 2. The van der Waals surface area contributed by atoms with Crippen molar-refractivity contribution in [1.82, 2.24) is 10.6 Å². The van der Waals surface area contributed by atoms with Crippen molar-refractivity contribution in [3.05, 3.63) is 0 Å². The van der Waals surface area contributed by atoms with Gasteiger partial charge in [0.15, 0.2) is 0 Å². The van der Waals surface area contributed by atoms with Gasteiger partial charge in [0.25, 0.3) is 0 Å². The molecule has 0 aromatic heterocycles. The number of carboxylic acid groups (broad SMARTS) is 1. The molecule has 2 atom stereocenters. The first-order valence-corrected chi connectivity index (χ1v) is 5.81. The molecule has 1 rings (SSSR count). The zero-order chi connectivity index (χ0) is 13.6. The van der Waals surface area contributed by atoms with E-state index in [0.717, 1.165) is 0 Å². The van der Waals surface area contributed by atoms with Gasteiger partial charge < -0.3 is 25.2 Å². The molecule has 7 nitrogen and oxygen atoms in total. The molecule has 104 valence electrons. The average molecular weight is 260 g/mol. The van der Waals surface area contributed by atoms with Gasteiger partial charge in [-0.1, -0.05) is 0 Å². The maximum atomic E-state index is 11.6. The number of carbonyl (C=O) groups excluding carboxylic acids is 1. The lowest BCUT2D eigenvalue weighted by molar-refractivity contribution is -0.149. The number of rotatable bonds is 7. The van der Waals surface area contributed by atoms with Gasteiger partial charge in [-0.25, -0.2) is 0 Å². The Balaban J connectivity index is 2.37. The van der Waals surface area contributed by atoms with Crippen molar-refractivity contribution in [3.8, 4) is 0 Å². The highest BCUT2D eigenvalue weighted by Crippen LogP contribution is 2.28. The van der Waals surface area contributed by atoms with Crippen LogP contribution >= 0.6 is 0 Å². The van der Waals surface area contributed by atoms with E-state index in [1.165, 1.54) is 0 Å². The van der Waals surface area contributed by atoms with Crippen LogP contribution in [0.2, 0.25) is 0 Å². The third-order valence-electron chi connectivity index (χ3n) is 3.05. The highest BCUT2D eigenvalue weighted by atomic mass is 16.5. The molecule has 1 saturated heterocycles. The second kappa shape index (κ2) is 6.67. The fourth-order valence-corrected chi connectivity index (χ4v) is 1.71. The number of hydrogen-bond acceptors (Lipinski definition) is 5. The van der Waals surface area contributed by atoms with Crippen LogP contribution in [0.25, 0.3) is 0 Å². The predicted molar refractivity (Wildman–Crippen MR) is 63.2 cm³/mol. The summed E-state index contributed by atoms with van der Waals surface area (Å²) in [5.74, 6) is -1.20. The molecule has 1 fully saturated rings. The van der Waals surface area contributed by atoms with E-state index in [1.54, 1.807) is 14.0 Å². The lowest BCUT2D eigenvalue weighted by Gasteiger charge is -2.25. The molecule has 0 radical (unpaired) electrons. The van der Waals surface area contributed by atoms with Gasteiger partial charge in [0.2, 0.25) is 5.91 Å². The van der Waals surface area contributed by atoms with Crippen LogP contribution in [0.4, 0.5) is 0 Å². The molecule has 0 bridgehead atoms. The molecule has 1 amide bonds. The van der Waals surface area contributed by atoms with Gasteiger partial charge in [-0.15, -0.1) is 0 Å². The topological polar surface area (TPSA) is 96.9 Å². The van der Waals surface area contributed by atoms with E-state index < -0.39 is 17.4 Å². The number of nitrogens with one attached hydrogen (secondary N) is 2. The van der Waals surface area contributed by atoms with E-state index in [1.807, 2.05) is 0 Å². The first-order valence-electron chi connectivity index (χ1n) is 5.81. The maximum Gasteiger partial charge on any atom is 0.313 e. The highest BCUT2D eigenvalue weighted by Gasteiger charge is 2.47. The molecule has 1 aliphatic rings. The molecule has 7 heteroatoms. The van der Waals surface area contributed by atoms with Crippen molar-refractivity contribution in [2.45, 2.75) is 13.0 Å². The summed E-state index contributed by atoms with van der Waals surface area (Å²) in [4.78, 5) is 22.8. The molecule has 0 spiro atoms. The molecule has 18 heavy (non-hydrogen) atoms. The fraction of sp³-hybridized carbons (Fsp3) is 0.818. The Bertz CT molecular complexity index is 310. The van der Waals surface area contributed by atoms with Crippen LogP contribution in [0.5, 0.6) is 0 Å². The molecule has 0 aromatic carbocycles. The van der Waals surface area contributed by atoms with Gasteiger partial charge >= 0.3 is 5.97 Å². The van der Waals surface area contributed by atoms with E-state index in [0.29, 0.717) is 13.2 Å². The van der Waals surface area contributed by atoms with Crippen LogP contribution in [0.1, 0.15) is 6.92 Å². The van der Waals surface area contributed by atoms with E-state index in [4.69, 9.17) is 14.6 Å². The lowest BCUT2D eigenvalue weighted by atomic mass is 9.85. The van der Waals surface area contributed by atoms with Crippen LogP contribution in [0.15, 0.2) is 0 Å². The maximum absolute atomic E-state index is 11.6. The van der Waals surface area contributed by atoms with Crippen LogP contribution in [0, 0.1) is 5.41 Å². The van der Waals surface area contributed by atoms with Gasteiger partial charge in [0.1, 0.15) is 5.41 Å². The Morgan fingerprint density at radius 3 is 2.89 bits per heavy atom. The Morgan fingerprint density at radius 2 is 2.28 bits per heavy atom. The summed E-state index contributed by atoms with van der Waals surface area (Å²) in [6, 6.07) is -0.494. The third-order valence-corrected chi connectivity index (χ3v) is 3.05. The fourth-order valence-electron chi connectivity index (χ4n) is 1.71. The normalized spacial score (nSPS) is 27.1. The van der Waals surface area contributed by atoms with Crippen LogP contribution < -0.4 is 10.6 Å². The number of amides is 1. The van der Waals surface area contributed by atoms with Crippen molar-refractivity contribution in [2.75, 3.05) is 40.0 Å². The standard InChI is InChI=1S/C11H20N2O5/c1-11(10(15)16)7-18-6-8(11)13-9(14)5-12-3-4-17-2/h8,12H,3-7H2,1-2H3,(H,13,14)(H,15,16). The van der Waals surface area contributed by atoms with Gasteiger partial charge in [0, 0.05) is 13.7 Å². The number of hydrogen-bond donors (Lipinski definition) is 3. The van der Waals surface area contributed by atoms with Crippen LogP contribution in [0.3, 0.4) is 0 Å². The molecule has 0 saturated carbocycles. The second-order valence-electron chi connectivity index (χ2n) is 4.53. The van der Waals surface area contributed by atoms with Gasteiger partial charge in [-0.05, 0) is 6.92 Å². The second-order valence-corrected chi connectivity index (χ2v) is 4.53. The zero-order valence-corrected chi connectivity index (χ0v) is 10.7. The van der Waals surface area contributed by atoms with Crippen molar-refractivity contribution < 1.29 is 24.2 Å². The summed E-state index contributed by atoms with van der Waals surface area (Å²) < 4.78 is 9.97. The molecular formula is C11H20N2O5. The largest absolute Gasteiger partial charge is 0.481 e. The molecule has 2 unspecified atom stereocenters. The van der Waals surface area contributed by atoms with Gasteiger partial charge in [-0.2, -0.15) is 0 Å². The van der Waals surface area contributed by atoms with E-state index in [2.05, 4.69) is 10.6 Å². The van der Waals surface area contributed by atoms with Crippen molar-refractivity contribution >= 4 is 11.9 Å². The number of aliphatic carboxylic acids is 1. The quantitative estimate of drug-likeness (QED) is 0.499. The van der Waals surface area contributed by atoms with Crippen molar-refractivity contribution in [1.29, 1.82) is 0 Å². The Labute approximate surface area is 106 Å². The first kappa shape index (κ1) is 14.9. The number of methoxy groups -OCH3 is 1. The minimum absolute atomic E-state index is 0.115. The molecule has 0 aromatic rings. The summed E-state index contributed by atoms with van der Waals surface area (Å²) in [5, 5.41) is 14.7. The lowest BCUT2D eigenvalue weighted by Crippen LogP contribution is -2.51. The highest BCUT2D eigenvalue weighted by molar-refractivity contribution is 5.81. The molecular weight excluding hydrogens is 240 g/mol. The minimum atomic E-state index is -1.05. The molecule has 3 N–H and O–H groups in total. The van der Waals surface area contributed by atoms with Gasteiger partial charge in [0.05, 0.1) is 32.4 Å². The first-order chi connectivity index (χ1) is 8.50. The average Bonchev–Trinajstić information content (AvgIpc) is 2.68. The van der Waals surface area contributed by atoms with Crippen molar-refractivity contribution in [3.63, 3.8) is 0 Å². The molecule has 1 heterocycles. The zero-order valence-electron chi connectivity index (χ0n) is 10.7. The summed E-state index contributed by atoms with van der Waals surface area (Å²) in [6.07, 6.45) is 0. The Hall–Kier alpha value is -1.18. The smallest absolute Gasteiger partial charge is 0.313 e. The summed E-state index contributed by atoms with van der Waals surface area (Å²) in [6.45, 7) is 3.14. The van der Waals surface area contributed by atoms with E-state index in [-0.39, 0.29) is 25.7 Å². The van der Waals surface area contributed by atoms with Crippen LogP contribution in [-0.4, -0.2) is 63.0 Å². The van der Waals surface area contributed by atoms with Crippen molar-refractivity contribution in [2.24, 2.45) is 5.41 Å². The summed E-state index contributed by atoms with van der Waals surface area (Å²) >= 11 is 0. The summed E-state index contributed by atoms with van der Waals surface area (Å²) in [7, 11) is 1.58. The molecule has 1 aliphatic heterocycles. The molecule has 0 aliphatic carbocycles. The SMILES string of the molecule is COCCNCC(=O)NC1COCC1(C)C(=O)O. The predicted octanol–water partition coefficient (Wildman–Crippen LogP) is -1.17. The summed E-state index contributed by atoms with van der Waals surface area (Å²) in [5.41, 5.74) is -1.05. The Morgan fingerprint density at radius 1 is 1.56 bits per heavy atom. The minimum Gasteiger partial charge on any atom is -0.481 e.